The van der Waals surface area contributed by atoms with Crippen LogP contribution in [-0.2, 0) is 0 Å². The predicted octanol–water partition coefficient (Wildman–Crippen LogP) is 4.10. The van der Waals surface area contributed by atoms with E-state index in [9.17, 15) is 5.11 Å². The number of rotatable bonds is 1. The van der Waals surface area contributed by atoms with Crippen molar-refractivity contribution in [2.75, 3.05) is 7.11 Å². The van der Waals surface area contributed by atoms with Crippen LogP contribution in [-0.4, -0.2) is 17.8 Å². The molecule has 1 aromatic carbocycles. The van der Waals surface area contributed by atoms with Gasteiger partial charge < -0.3 is 14.6 Å². The summed E-state index contributed by atoms with van der Waals surface area (Å²) in [7, 11) is 1.64. The van der Waals surface area contributed by atoms with Crippen LogP contribution in [0, 0.1) is 11.3 Å². The Labute approximate surface area is 127 Å². The maximum Gasteiger partial charge on any atom is 0.126 e. The molecule has 0 aromatic heterocycles. The molecule has 116 valence electrons. The molecule has 3 rings (SSSR count). The van der Waals surface area contributed by atoms with Crippen LogP contribution in [0.25, 0.3) is 0 Å². The minimum Gasteiger partial charge on any atom is -0.497 e. The van der Waals surface area contributed by atoms with Crippen LogP contribution in [0.1, 0.15) is 58.1 Å². The molecule has 3 atom stereocenters. The predicted molar refractivity (Wildman–Crippen MR) is 82.7 cm³/mol. The first-order chi connectivity index (χ1) is 9.82. The Kier molecular flexibility index (Phi) is 3.44. The number of aliphatic hydroxyl groups excluding tert-OH is 1. The van der Waals surface area contributed by atoms with Gasteiger partial charge in [-0.1, -0.05) is 20.8 Å². The van der Waals surface area contributed by atoms with E-state index in [0.717, 1.165) is 29.9 Å². The summed E-state index contributed by atoms with van der Waals surface area (Å²) in [6.07, 6.45) is 3.47. The van der Waals surface area contributed by atoms with Crippen LogP contribution >= 0.6 is 0 Å². The second kappa shape index (κ2) is 4.91. The van der Waals surface area contributed by atoms with E-state index in [-0.39, 0.29) is 11.0 Å². The highest BCUT2D eigenvalue weighted by molar-refractivity contribution is 5.43. The summed E-state index contributed by atoms with van der Waals surface area (Å²) in [6.45, 7) is 6.91. The van der Waals surface area contributed by atoms with Crippen molar-refractivity contribution < 1.29 is 14.6 Å². The van der Waals surface area contributed by atoms with Gasteiger partial charge in [0.25, 0.3) is 0 Å². The average Bonchev–Trinajstić information content (AvgIpc) is 2.35. The summed E-state index contributed by atoms with van der Waals surface area (Å²) in [4.78, 5) is 0. The zero-order chi connectivity index (χ0) is 15.3. The van der Waals surface area contributed by atoms with Gasteiger partial charge in [-0.15, -0.1) is 0 Å². The molecule has 1 fully saturated rings. The third-order valence-corrected chi connectivity index (χ3v) is 4.89. The molecule has 21 heavy (non-hydrogen) atoms. The van der Waals surface area contributed by atoms with Gasteiger partial charge in [0.1, 0.15) is 17.1 Å². The lowest BCUT2D eigenvalue weighted by Gasteiger charge is -2.50. The van der Waals surface area contributed by atoms with Crippen molar-refractivity contribution >= 4 is 0 Å². The second-order valence-corrected chi connectivity index (χ2v) is 7.76. The highest BCUT2D eigenvalue weighted by Gasteiger charge is 2.48. The molecule has 1 heterocycles. The zero-order valence-electron chi connectivity index (χ0n) is 13.5. The molecular formula is C18H26O3. The maximum atomic E-state index is 10.6. The van der Waals surface area contributed by atoms with Crippen LogP contribution in [0.5, 0.6) is 11.5 Å². The van der Waals surface area contributed by atoms with Gasteiger partial charge in [-0.05, 0) is 48.8 Å². The minimum absolute atomic E-state index is 0.220. The van der Waals surface area contributed by atoms with E-state index in [4.69, 9.17) is 9.47 Å². The van der Waals surface area contributed by atoms with Crippen molar-refractivity contribution in [2.45, 2.75) is 58.2 Å². The van der Waals surface area contributed by atoms with Crippen molar-refractivity contribution in [1.82, 2.24) is 0 Å². The molecule has 2 unspecified atom stereocenters. The molecule has 0 bridgehead atoms. The van der Waals surface area contributed by atoms with Crippen molar-refractivity contribution in [2.24, 2.45) is 11.3 Å². The third kappa shape index (κ3) is 2.76. The van der Waals surface area contributed by atoms with Gasteiger partial charge in [-0.3, -0.25) is 0 Å². The molecule has 2 aliphatic rings. The van der Waals surface area contributed by atoms with Crippen LogP contribution in [0.3, 0.4) is 0 Å². The van der Waals surface area contributed by atoms with Gasteiger partial charge in [0.2, 0.25) is 0 Å². The third-order valence-electron chi connectivity index (χ3n) is 4.89. The van der Waals surface area contributed by atoms with E-state index in [1.54, 1.807) is 7.11 Å². The summed E-state index contributed by atoms with van der Waals surface area (Å²) in [5, 5.41) is 10.6. The van der Waals surface area contributed by atoms with Crippen molar-refractivity contribution in [3.05, 3.63) is 23.8 Å². The van der Waals surface area contributed by atoms with E-state index in [1.165, 1.54) is 6.42 Å². The second-order valence-electron chi connectivity index (χ2n) is 7.76. The fraction of sp³-hybridized carbons (Fsp3) is 0.667. The number of methoxy groups -OCH3 is 1. The van der Waals surface area contributed by atoms with E-state index >= 15 is 0 Å². The van der Waals surface area contributed by atoms with Gasteiger partial charge in [-0.25, -0.2) is 0 Å². The fourth-order valence-electron chi connectivity index (χ4n) is 4.64. The number of aliphatic hydroxyl groups is 1. The minimum atomic E-state index is -0.468. The molecule has 0 amide bonds. The first-order valence-corrected chi connectivity index (χ1v) is 7.88. The Morgan fingerprint density at radius 1 is 1.24 bits per heavy atom. The molecule has 1 spiro atoms. The highest BCUT2D eigenvalue weighted by atomic mass is 16.5. The Balaban J connectivity index is 1.94. The Morgan fingerprint density at radius 3 is 2.67 bits per heavy atom. The summed E-state index contributed by atoms with van der Waals surface area (Å²) >= 11 is 0. The van der Waals surface area contributed by atoms with E-state index in [2.05, 4.69) is 20.8 Å². The SMILES string of the molecule is COc1ccc2c(c1)[C@H](O)CC1(CC(C)CC(C)(C)C1)O2. The van der Waals surface area contributed by atoms with Gasteiger partial charge >= 0.3 is 0 Å². The van der Waals surface area contributed by atoms with E-state index in [0.29, 0.717) is 12.3 Å². The lowest BCUT2D eigenvalue weighted by molar-refractivity contribution is -0.0822. The van der Waals surface area contributed by atoms with E-state index < -0.39 is 6.10 Å². The standard InChI is InChI=1S/C18H26O3/c1-12-8-17(2,3)11-18(9-12)10-15(19)14-7-13(20-4)5-6-16(14)21-18/h5-7,12,15,19H,8-11H2,1-4H3/t12?,15-,18?/m1/s1. The topological polar surface area (TPSA) is 38.7 Å². The van der Waals surface area contributed by atoms with Crippen LogP contribution in [0.2, 0.25) is 0 Å². The monoisotopic (exact) mass is 290 g/mol. The smallest absolute Gasteiger partial charge is 0.126 e. The van der Waals surface area contributed by atoms with Gasteiger partial charge in [0, 0.05) is 12.0 Å². The summed E-state index contributed by atoms with van der Waals surface area (Å²) < 4.78 is 11.7. The van der Waals surface area contributed by atoms with Gasteiger partial charge in [0.05, 0.1) is 13.2 Å². The molecular weight excluding hydrogens is 264 g/mol. The lowest BCUT2D eigenvalue weighted by atomic mass is 9.63. The normalized spacial score (nSPS) is 34.1. The largest absolute Gasteiger partial charge is 0.497 e. The molecule has 0 saturated heterocycles. The molecule has 1 aromatic rings. The molecule has 1 aliphatic carbocycles. The van der Waals surface area contributed by atoms with Crippen LogP contribution in [0.15, 0.2) is 18.2 Å². The molecule has 3 heteroatoms. The molecule has 1 aliphatic heterocycles. The van der Waals surface area contributed by atoms with Crippen LogP contribution < -0.4 is 9.47 Å². The molecule has 1 saturated carbocycles. The Morgan fingerprint density at radius 2 is 2.00 bits per heavy atom. The summed E-state index contributed by atoms with van der Waals surface area (Å²) in [5.74, 6) is 2.21. The summed E-state index contributed by atoms with van der Waals surface area (Å²) in [5.41, 5.74) is 0.903. The number of benzene rings is 1. The van der Waals surface area contributed by atoms with E-state index in [1.807, 2.05) is 18.2 Å². The Bertz CT molecular complexity index is 537. The number of hydrogen-bond donors (Lipinski definition) is 1. The summed E-state index contributed by atoms with van der Waals surface area (Å²) in [6, 6.07) is 5.73. The fourth-order valence-corrected chi connectivity index (χ4v) is 4.64. The average molecular weight is 290 g/mol. The first kappa shape index (κ1) is 14.7. The maximum absolute atomic E-state index is 10.6. The lowest BCUT2D eigenvalue weighted by Crippen LogP contribution is -2.49. The number of fused-ring (bicyclic) bond motifs is 1. The van der Waals surface area contributed by atoms with Crippen molar-refractivity contribution in [3.63, 3.8) is 0 Å². The quantitative estimate of drug-likeness (QED) is 0.846. The van der Waals surface area contributed by atoms with Crippen molar-refractivity contribution in [1.29, 1.82) is 0 Å². The Hall–Kier alpha value is -1.22. The van der Waals surface area contributed by atoms with Crippen molar-refractivity contribution in [3.8, 4) is 11.5 Å². The number of ether oxygens (including phenoxy) is 2. The molecule has 0 radical (unpaired) electrons. The first-order valence-electron chi connectivity index (χ1n) is 7.88. The molecule has 3 nitrogen and oxygen atoms in total. The van der Waals surface area contributed by atoms with Crippen LogP contribution in [0.4, 0.5) is 0 Å². The number of hydrogen-bond acceptors (Lipinski definition) is 3. The van der Waals surface area contributed by atoms with Gasteiger partial charge in [0.15, 0.2) is 0 Å². The zero-order valence-corrected chi connectivity index (χ0v) is 13.5. The highest BCUT2D eigenvalue weighted by Crippen LogP contribution is 2.52. The van der Waals surface area contributed by atoms with Gasteiger partial charge in [-0.2, -0.15) is 0 Å². The molecule has 1 N–H and O–H groups in total.